The molecule has 3 nitrogen and oxygen atoms in total. The van der Waals surface area contributed by atoms with Gasteiger partial charge in [0.25, 0.3) is 0 Å². The van der Waals surface area contributed by atoms with Crippen molar-refractivity contribution in [1.82, 2.24) is 5.32 Å². The number of carbonyl (C=O) groups excluding carboxylic acids is 1. The maximum Gasteiger partial charge on any atom is 0.223 e. The number of halogens is 2. The fraction of sp³-hybridized carbons (Fsp3) is 0.533. The summed E-state index contributed by atoms with van der Waals surface area (Å²) in [7, 11) is 0. The van der Waals surface area contributed by atoms with Crippen LogP contribution in [0, 0.1) is 5.92 Å². The highest BCUT2D eigenvalue weighted by molar-refractivity contribution is 6.42. The van der Waals surface area contributed by atoms with Crippen LogP contribution in [0.3, 0.4) is 0 Å². The van der Waals surface area contributed by atoms with E-state index in [1.54, 1.807) is 6.07 Å². The molecule has 3 N–H and O–H groups in total. The molecule has 1 aliphatic carbocycles. The summed E-state index contributed by atoms with van der Waals surface area (Å²) in [4.78, 5) is 12.1. The third-order valence-corrected chi connectivity index (χ3v) is 4.67. The predicted molar refractivity (Wildman–Crippen MR) is 83.1 cm³/mol. The maximum atomic E-state index is 12.1. The first-order valence-corrected chi connectivity index (χ1v) is 7.79. The van der Waals surface area contributed by atoms with E-state index in [2.05, 4.69) is 5.32 Å². The summed E-state index contributed by atoms with van der Waals surface area (Å²) in [6.07, 6.45) is 4.49. The summed E-state index contributed by atoms with van der Waals surface area (Å²) in [6, 6.07) is 5.72. The number of carbonyl (C=O) groups is 1. The summed E-state index contributed by atoms with van der Waals surface area (Å²) in [5, 5.41) is 4.09. The second-order valence-corrected chi connectivity index (χ2v) is 6.16. The highest BCUT2D eigenvalue weighted by Crippen LogP contribution is 2.26. The molecular formula is C15H20Cl2N2O. The van der Waals surface area contributed by atoms with Crippen molar-refractivity contribution in [1.29, 1.82) is 0 Å². The lowest BCUT2D eigenvalue weighted by Crippen LogP contribution is -2.38. The van der Waals surface area contributed by atoms with Gasteiger partial charge in [0.2, 0.25) is 5.91 Å². The lowest BCUT2D eigenvalue weighted by atomic mass is 9.85. The molecule has 0 saturated heterocycles. The summed E-state index contributed by atoms with van der Waals surface area (Å²) in [5.41, 5.74) is 6.87. The van der Waals surface area contributed by atoms with Gasteiger partial charge in [-0.15, -0.1) is 0 Å². The Labute approximate surface area is 129 Å². The molecule has 1 aromatic rings. The van der Waals surface area contributed by atoms with E-state index in [4.69, 9.17) is 28.9 Å². The summed E-state index contributed by atoms with van der Waals surface area (Å²) < 4.78 is 0. The first-order chi connectivity index (χ1) is 9.58. The molecule has 1 fully saturated rings. The molecular weight excluding hydrogens is 295 g/mol. The summed E-state index contributed by atoms with van der Waals surface area (Å²) >= 11 is 12.1. The number of benzene rings is 1. The topological polar surface area (TPSA) is 55.1 Å². The Morgan fingerprint density at radius 1 is 1.35 bits per heavy atom. The van der Waals surface area contributed by atoms with Gasteiger partial charge in [-0.1, -0.05) is 41.8 Å². The first kappa shape index (κ1) is 15.6. The smallest absolute Gasteiger partial charge is 0.223 e. The molecule has 2 rings (SSSR count). The molecule has 0 aromatic heterocycles. The molecule has 2 unspecified atom stereocenters. The average molecular weight is 315 g/mol. The zero-order valence-electron chi connectivity index (χ0n) is 11.4. The second-order valence-electron chi connectivity index (χ2n) is 5.38. The molecule has 2 atom stereocenters. The molecule has 0 bridgehead atoms. The van der Waals surface area contributed by atoms with E-state index in [0.29, 0.717) is 23.0 Å². The molecule has 0 spiro atoms. The normalized spacial score (nSPS) is 22.6. The number of nitrogens with one attached hydrogen (secondary N) is 1. The van der Waals surface area contributed by atoms with Gasteiger partial charge in [-0.05, 0) is 37.3 Å². The number of hydrogen-bond acceptors (Lipinski definition) is 2. The van der Waals surface area contributed by atoms with E-state index in [0.717, 1.165) is 31.2 Å². The van der Waals surface area contributed by atoms with Crippen LogP contribution in [0.5, 0.6) is 0 Å². The third kappa shape index (κ3) is 4.11. The lowest BCUT2D eigenvalue weighted by molar-refractivity contribution is -0.126. The minimum atomic E-state index is 0.0635. The molecule has 0 radical (unpaired) electrons. The van der Waals surface area contributed by atoms with Crippen molar-refractivity contribution in [2.75, 3.05) is 6.54 Å². The molecule has 5 heteroatoms. The van der Waals surface area contributed by atoms with Gasteiger partial charge in [-0.3, -0.25) is 4.79 Å². The van der Waals surface area contributed by atoms with Crippen molar-refractivity contribution in [3.05, 3.63) is 33.8 Å². The highest BCUT2D eigenvalue weighted by Gasteiger charge is 2.24. The minimum Gasteiger partial charge on any atom is -0.356 e. The Kier molecular flexibility index (Phi) is 5.70. The molecule has 0 aliphatic heterocycles. The van der Waals surface area contributed by atoms with E-state index in [9.17, 15) is 4.79 Å². The number of hydrogen-bond donors (Lipinski definition) is 2. The van der Waals surface area contributed by atoms with Crippen molar-refractivity contribution in [3.63, 3.8) is 0 Å². The molecule has 110 valence electrons. The van der Waals surface area contributed by atoms with Crippen LogP contribution in [0.1, 0.15) is 31.2 Å². The van der Waals surface area contributed by atoms with Crippen molar-refractivity contribution >= 4 is 29.1 Å². The van der Waals surface area contributed by atoms with Crippen molar-refractivity contribution in [2.45, 2.75) is 38.1 Å². The number of rotatable bonds is 4. The van der Waals surface area contributed by atoms with Crippen LogP contribution in [-0.4, -0.2) is 18.5 Å². The minimum absolute atomic E-state index is 0.0635. The SMILES string of the molecule is NC1CCCC(C(=O)NCCc2cccc(Cl)c2Cl)C1. The number of nitrogens with two attached hydrogens (primary N) is 1. The lowest BCUT2D eigenvalue weighted by Gasteiger charge is -2.25. The van der Waals surface area contributed by atoms with Crippen molar-refractivity contribution in [2.24, 2.45) is 11.7 Å². The van der Waals surface area contributed by atoms with E-state index in [1.807, 2.05) is 12.1 Å². The average Bonchev–Trinajstić information content (AvgIpc) is 2.43. The van der Waals surface area contributed by atoms with Gasteiger partial charge in [-0.25, -0.2) is 0 Å². The van der Waals surface area contributed by atoms with E-state index < -0.39 is 0 Å². The van der Waals surface area contributed by atoms with Gasteiger partial charge in [0.15, 0.2) is 0 Å². The molecule has 1 saturated carbocycles. The van der Waals surface area contributed by atoms with Crippen molar-refractivity contribution in [3.8, 4) is 0 Å². The Balaban J connectivity index is 1.80. The zero-order valence-corrected chi connectivity index (χ0v) is 12.9. The molecule has 0 heterocycles. The fourth-order valence-electron chi connectivity index (χ4n) is 2.67. The molecule has 1 aliphatic rings. The van der Waals surface area contributed by atoms with Gasteiger partial charge in [-0.2, -0.15) is 0 Å². The van der Waals surface area contributed by atoms with E-state index in [-0.39, 0.29) is 17.9 Å². The van der Waals surface area contributed by atoms with Gasteiger partial charge < -0.3 is 11.1 Å². The molecule has 1 aromatic carbocycles. The van der Waals surface area contributed by atoms with Crippen LogP contribution < -0.4 is 11.1 Å². The van der Waals surface area contributed by atoms with Gasteiger partial charge >= 0.3 is 0 Å². The van der Waals surface area contributed by atoms with Gasteiger partial charge in [0.05, 0.1) is 10.0 Å². The first-order valence-electron chi connectivity index (χ1n) is 7.04. The van der Waals surface area contributed by atoms with Crippen LogP contribution in [-0.2, 0) is 11.2 Å². The predicted octanol–water partition coefficient (Wildman–Crippen LogP) is 3.17. The van der Waals surface area contributed by atoms with Gasteiger partial charge in [0, 0.05) is 18.5 Å². The monoisotopic (exact) mass is 314 g/mol. The van der Waals surface area contributed by atoms with Crippen LogP contribution in [0.2, 0.25) is 10.0 Å². The number of amides is 1. The van der Waals surface area contributed by atoms with Crippen LogP contribution in [0.15, 0.2) is 18.2 Å². The Morgan fingerprint density at radius 3 is 2.90 bits per heavy atom. The highest BCUT2D eigenvalue weighted by atomic mass is 35.5. The van der Waals surface area contributed by atoms with E-state index >= 15 is 0 Å². The largest absolute Gasteiger partial charge is 0.356 e. The Bertz CT molecular complexity index is 479. The summed E-state index contributed by atoms with van der Waals surface area (Å²) in [6.45, 7) is 0.574. The van der Waals surface area contributed by atoms with E-state index in [1.165, 1.54) is 0 Å². The third-order valence-electron chi connectivity index (χ3n) is 3.81. The maximum absolute atomic E-state index is 12.1. The second kappa shape index (κ2) is 7.30. The molecule has 1 amide bonds. The Hall–Kier alpha value is -0.770. The molecule has 20 heavy (non-hydrogen) atoms. The van der Waals surface area contributed by atoms with Crippen LogP contribution in [0.4, 0.5) is 0 Å². The van der Waals surface area contributed by atoms with Crippen LogP contribution >= 0.6 is 23.2 Å². The summed E-state index contributed by atoms with van der Waals surface area (Å²) in [5.74, 6) is 0.173. The quantitative estimate of drug-likeness (QED) is 0.896. The van der Waals surface area contributed by atoms with Crippen LogP contribution in [0.25, 0.3) is 0 Å². The van der Waals surface area contributed by atoms with Crippen molar-refractivity contribution < 1.29 is 4.79 Å². The standard InChI is InChI=1S/C15H20Cl2N2O/c16-13-6-2-3-10(14(13)17)7-8-19-15(20)11-4-1-5-12(18)9-11/h2-3,6,11-12H,1,4-5,7-9,18H2,(H,19,20). The Morgan fingerprint density at radius 2 is 2.15 bits per heavy atom. The zero-order chi connectivity index (χ0) is 14.5. The fourth-order valence-corrected chi connectivity index (χ4v) is 3.09. The van der Waals surface area contributed by atoms with Gasteiger partial charge in [0.1, 0.15) is 0 Å².